The van der Waals surface area contributed by atoms with E-state index in [9.17, 15) is 13.2 Å². The number of rotatable bonds is 8. The van der Waals surface area contributed by atoms with Gasteiger partial charge in [0.2, 0.25) is 15.9 Å². The summed E-state index contributed by atoms with van der Waals surface area (Å²) in [6.45, 7) is 2.73. The number of ether oxygens (including phenoxy) is 3. The Morgan fingerprint density at radius 1 is 1.25 bits per heavy atom. The monoisotopic (exact) mass is 484 g/mol. The first-order chi connectivity index (χ1) is 15.5. The van der Waals surface area contributed by atoms with Crippen LogP contribution in [0.1, 0.15) is 24.8 Å². The lowest BCUT2D eigenvalue weighted by atomic mass is 10.1. The van der Waals surface area contributed by atoms with Gasteiger partial charge in [-0.3, -0.25) is 4.79 Å². The van der Waals surface area contributed by atoms with Crippen molar-refractivity contribution < 1.29 is 27.4 Å². The SMILES string of the molecule is COc1ccc(CC(=O)N(CC2CCCO2)C2CCSC2)cc1S(=O)(=O)N1CCOCC1. The van der Waals surface area contributed by atoms with Gasteiger partial charge in [0.1, 0.15) is 10.6 Å². The third-order valence-corrected chi connectivity index (χ3v) is 9.33. The lowest BCUT2D eigenvalue weighted by molar-refractivity contribution is -0.134. The first-order valence-electron chi connectivity index (χ1n) is 11.2. The molecular formula is C22H32N2O6S2. The molecule has 0 aliphatic carbocycles. The van der Waals surface area contributed by atoms with Crippen LogP contribution in [0.25, 0.3) is 0 Å². The van der Waals surface area contributed by atoms with E-state index in [1.54, 1.807) is 18.2 Å². The van der Waals surface area contributed by atoms with Gasteiger partial charge in [-0.05, 0) is 42.7 Å². The molecule has 3 aliphatic rings. The summed E-state index contributed by atoms with van der Waals surface area (Å²) < 4.78 is 44.4. The largest absolute Gasteiger partial charge is 0.495 e. The molecule has 178 valence electrons. The van der Waals surface area contributed by atoms with Gasteiger partial charge in [0, 0.05) is 38.0 Å². The molecule has 8 nitrogen and oxygen atoms in total. The number of hydrogen-bond donors (Lipinski definition) is 0. The minimum atomic E-state index is -3.74. The van der Waals surface area contributed by atoms with Crippen LogP contribution in [0.3, 0.4) is 0 Å². The van der Waals surface area contributed by atoms with Gasteiger partial charge in [0.15, 0.2) is 0 Å². The summed E-state index contributed by atoms with van der Waals surface area (Å²) in [4.78, 5) is 15.4. The van der Waals surface area contributed by atoms with Crippen LogP contribution in [0.5, 0.6) is 5.75 Å². The first-order valence-corrected chi connectivity index (χ1v) is 13.8. The lowest BCUT2D eigenvalue weighted by Crippen LogP contribution is -2.45. The van der Waals surface area contributed by atoms with Crippen LogP contribution in [-0.2, 0) is 30.7 Å². The van der Waals surface area contributed by atoms with Gasteiger partial charge in [-0.25, -0.2) is 8.42 Å². The van der Waals surface area contributed by atoms with Crippen LogP contribution >= 0.6 is 11.8 Å². The molecule has 0 aromatic heterocycles. The zero-order valence-corrected chi connectivity index (χ0v) is 20.2. The highest BCUT2D eigenvalue weighted by molar-refractivity contribution is 7.99. The minimum Gasteiger partial charge on any atom is -0.495 e. The summed E-state index contributed by atoms with van der Waals surface area (Å²) in [5, 5.41) is 0. The van der Waals surface area contributed by atoms with Gasteiger partial charge >= 0.3 is 0 Å². The Morgan fingerprint density at radius 2 is 2.06 bits per heavy atom. The smallest absolute Gasteiger partial charge is 0.246 e. The molecule has 0 bridgehead atoms. The maximum atomic E-state index is 13.4. The van der Waals surface area contributed by atoms with Gasteiger partial charge in [-0.2, -0.15) is 16.1 Å². The normalized spacial score (nSPS) is 24.5. The van der Waals surface area contributed by atoms with E-state index >= 15 is 0 Å². The first kappa shape index (κ1) is 23.8. The number of amides is 1. The molecule has 2 unspecified atom stereocenters. The number of morpholine rings is 1. The van der Waals surface area contributed by atoms with E-state index in [0.29, 0.717) is 38.4 Å². The molecule has 3 saturated heterocycles. The second kappa shape index (κ2) is 10.7. The third kappa shape index (κ3) is 5.41. The summed E-state index contributed by atoms with van der Waals surface area (Å²) in [7, 11) is -2.28. The number of carbonyl (C=O) groups excluding carboxylic acids is 1. The molecule has 2 atom stereocenters. The fourth-order valence-corrected chi connectivity index (χ4v) is 7.30. The number of thioether (sulfide) groups is 1. The summed E-state index contributed by atoms with van der Waals surface area (Å²) in [6.07, 6.45) is 3.26. The number of hydrogen-bond acceptors (Lipinski definition) is 7. The van der Waals surface area contributed by atoms with Crippen molar-refractivity contribution in [2.45, 2.75) is 42.7 Å². The fourth-order valence-electron chi connectivity index (χ4n) is 4.46. The molecule has 0 saturated carbocycles. The highest BCUT2D eigenvalue weighted by Gasteiger charge is 2.32. The molecule has 0 spiro atoms. The van der Waals surface area contributed by atoms with E-state index in [0.717, 1.165) is 37.4 Å². The number of benzene rings is 1. The summed E-state index contributed by atoms with van der Waals surface area (Å²) in [5.74, 6) is 2.31. The van der Waals surface area contributed by atoms with E-state index in [2.05, 4.69) is 0 Å². The molecule has 3 fully saturated rings. The summed E-state index contributed by atoms with van der Waals surface area (Å²) >= 11 is 1.87. The van der Waals surface area contributed by atoms with Crippen LogP contribution < -0.4 is 4.74 Å². The maximum Gasteiger partial charge on any atom is 0.246 e. The van der Waals surface area contributed by atoms with Gasteiger partial charge in [-0.1, -0.05) is 6.07 Å². The zero-order chi connectivity index (χ0) is 22.6. The molecule has 3 heterocycles. The number of methoxy groups -OCH3 is 1. The van der Waals surface area contributed by atoms with Crippen molar-refractivity contribution in [1.82, 2.24) is 9.21 Å². The molecule has 3 aliphatic heterocycles. The molecule has 10 heteroatoms. The van der Waals surface area contributed by atoms with Crippen molar-refractivity contribution >= 4 is 27.7 Å². The van der Waals surface area contributed by atoms with E-state index in [-0.39, 0.29) is 35.1 Å². The van der Waals surface area contributed by atoms with Crippen molar-refractivity contribution in [2.24, 2.45) is 0 Å². The number of carbonyl (C=O) groups is 1. The molecule has 1 aromatic carbocycles. The predicted octanol–water partition coefficient (Wildman–Crippen LogP) is 1.77. The van der Waals surface area contributed by atoms with Gasteiger partial charge in [0.25, 0.3) is 0 Å². The molecule has 32 heavy (non-hydrogen) atoms. The maximum absolute atomic E-state index is 13.4. The molecule has 4 rings (SSSR count). The lowest BCUT2D eigenvalue weighted by Gasteiger charge is -2.31. The molecule has 1 amide bonds. The van der Waals surface area contributed by atoms with Crippen LogP contribution in [-0.4, -0.2) is 93.7 Å². The topological polar surface area (TPSA) is 85.4 Å². The van der Waals surface area contributed by atoms with Gasteiger partial charge < -0.3 is 19.1 Å². The Balaban J connectivity index is 1.54. The van der Waals surface area contributed by atoms with Gasteiger partial charge in [-0.15, -0.1) is 0 Å². The third-order valence-electron chi connectivity index (χ3n) is 6.26. The zero-order valence-electron chi connectivity index (χ0n) is 18.5. The molecule has 0 radical (unpaired) electrons. The van der Waals surface area contributed by atoms with Crippen molar-refractivity contribution in [3.8, 4) is 5.75 Å². The average Bonchev–Trinajstić information content (AvgIpc) is 3.52. The van der Waals surface area contributed by atoms with Crippen LogP contribution in [0.15, 0.2) is 23.1 Å². The number of nitrogens with zero attached hydrogens (tertiary/aromatic N) is 2. The Kier molecular flexibility index (Phi) is 7.99. The van der Waals surface area contributed by atoms with Gasteiger partial charge in [0.05, 0.1) is 32.8 Å². The Morgan fingerprint density at radius 3 is 2.72 bits per heavy atom. The second-order valence-corrected chi connectivity index (χ2v) is 11.4. The number of sulfonamides is 1. The van der Waals surface area contributed by atoms with E-state index < -0.39 is 10.0 Å². The van der Waals surface area contributed by atoms with Crippen LogP contribution in [0.4, 0.5) is 0 Å². The molecule has 0 N–H and O–H groups in total. The van der Waals surface area contributed by atoms with Crippen molar-refractivity contribution in [3.05, 3.63) is 23.8 Å². The summed E-state index contributed by atoms with van der Waals surface area (Å²) in [5.41, 5.74) is 0.672. The highest BCUT2D eigenvalue weighted by atomic mass is 32.2. The quantitative estimate of drug-likeness (QED) is 0.556. The summed E-state index contributed by atoms with van der Waals surface area (Å²) in [6, 6.07) is 5.23. The van der Waals surface area contributed by atoms with Crippen molar-refractivity contribution in [2.75, 3.05) is 58.1 Å². The second-order valence-electron chi connectivity index (χ2n) is 8.38. The Hall–Kier alpha value is -1.33. The Labute approximate surface area is 194 Å². The van der Waals surface area contributed by atoms with Crippen molar-refractivity contribution in [3.63, 3.8) is 0 Å². The average molecular weight is 485 g/mol. The standard InChI is InChI=1S/C22H32N2O6S2/c1-28-20-5-4-17(13-21(20)32(26,27)23-7-10-29-11-8-23)14-22(25)24(18-6-12-31-16-18)15-19-3-2-9-30-19/h4-5,13,18-19H,2-3,6-12,14-16H2,1H3. The molecular weight excluding hydrogens is 452 g/mol. The predicted molar refractivity (Wildman–Crippen MR) is 123 cm³/mol. The Bertz CT molecular complexity index is 892. The van der Waals surface area contributed by atoms with Crippen LogP contribution in [0, 0.1) is 0 Å². The van der Waals surface area contributed by atoms with E-state index in [1.807, 2.05) is 16.7 Å². The van der Waals surface area contributed by atoms with Crippen LogP contribution in [0.2, 0.25) is 0 Å². The van der Waals surface area contributed by atoms with Crippen molar-refractivity contribution in [1.29, 1.82) is 0 Å². The highest BCUT2D eigenvalue weighted by Crippen LogP contribution is 2.30. The fraction of sp³-hybridized carbons (Fsp3) is 0.682. The minimum absolute atomic E-state index is 0.0212. The van der Waals surface area contributed by atoms with E-state index in [4.69, 9.17) is 14.2 Å². The molecule has 1 aromatic rings. The van der Waals surface area contributed by atoms with E-state index in [1.165, 1.54) is 11.4 Å².